The number of benzene rings is 3. The number of non-ortho nitro benzene ring substituents is 1. The van der Waals surface area contributed by atoms with E-state index in [0.29, 0.717) is 17.1 Å². The molecule has 2 N–H and O–H groups in total. The molecule has 4 rings (SSSR count). The zero-order valence-electron chi connectivity index (χ0n) is 15.3. The van der Waals surface area contributed by atoms with Gasteiger partial charge in [0.1, 0.15) is 0 Å². The van der Waals surface area contributed by atoms with Gasteiger partial charge in [0.15, 0.2) is 5.84 Å². The third kappa shape index (κ3) is 3.89. The molecule has 0 saturated heterocycles. The van der Waals surface area contributed by atoms with E-state index in [2.05, 4.69) is 33.1 Å². The van der Waals surface area contributed by atoms with E-state index in [9.17, 15) is 14.9 Å². The molecule has 3 aromatic rings. The average molecular weight is 515 g/mol. The first kappa shape index (κ1) is 19.6. The summed E-state index contributed by atoms with van der Waals surface area (Å²) in [7, 11) is 0. The van der Waals surface area contributed by atoms with Gasteiger partial charge in [-0.05, 0) is 71.1 Å². The highest BCUT2D eigenvalue weighted by Crippen LogP contribution is 2.28. The number of carbonyl (C=O) groups is 1. The molecule has 0 amide bonds. The second kappa shape index (κ2) is 7.99. The van der Waals surface area contributed by atoms with Crippen LogP contribution in [0.3, 0.4) is 0 Å². The summed E-state index contributed by atoms with van der Waals surface area (Å²) in [5, 5.41) is 28.0. The van der Waals surface area contributed by atoms with Crippen LogP contribution in [0.4, 0.5) is 17.1 Å². The van der Waals surface area contributed by atoms with Gasteiger partial charge in [-0.1, -0.05) is 12.1 Å². The second-order valence-electron chi connectivity index (χ2n) is 6.29. The zero-order chi connectivity index (χ0) is 21.3. The number of amidine groups is 1. The van der Waals surface area contributed by atoms with Gasteiger partial charge in [-0.2, -0.15) is 10.2 Å². The van der Waals surface area contributed by atoms with Crippen molar-refractivity contribution in [2.75, 3.05) is 10.2 Å². The van der Waals surface area contributed by atoms with Crippen molar-refractivity contribution in [3.63, 3.8) is 0 Å². The Morgan fingerprint density at radius 2 is 1.57 bits per heavy atom. The number of carboxylic acid groups (broad SMARTS) is 1. The Hall–Kier alpha value is -3.67. The molecule has 0 atom stereocenters. The predicted octanol–water partition coefficient (Wildman–Crippen LogP) is 4.01. The lowest BCUT2D eigenvalue weighted by Gasteiger charge is -2.27. The minimum atomic E-state index is -1.00. The minimum absolute atomic E-state index is 0.0100. The Balaban J connectivity index is 1.71. The summed E-state index contributed by atoms with van der Waals surface area (Å²) in [5.74, 6) is -0.500. The van der Waals surface area contributed by atoms with E-state index in [4.69, 9.17) is 5.11 Å². The molecule has 1 aliphatic heterocycles. The van der Waals surface area contributed by atoms with Gasteiger partial charge in [0.05, 0.1) is 21.9 Å². The highest BCUT2D eigenvalue weighted by Gasteiger charge is 2.27. The topological polar surface area (TPSA) is 111 Å². The highest BCUT2D eigenvalue weighted by atomic mass is 127. The molecule has 0 aromatic heterocycles. The van der Waals surface area contributed by atoms with Crippen LogP contribution in [0.1, 0.15) is 15.9 Å². The molecular weight excluding hydrogens is 501 g/mol. The van der Waals surface area contributed by atoms with Crippen LogP contribution >= 0.6 is 22.6 Å². The lowest BCUT2D eigenvalue weighted by molar-refractivity contribution is -0.384. The minimum Gasteiger partial charge on any atom is -0.478 e. The molecular formula is C20H14IN5O4. The van der Waals surface area contributed by atoms with Gasteiger partial charge in [0.25, 0.3) is 5.69 Å². The molecule has 0 aliphatic carbocycles. The van der Waals surface area contributed by atoms with E-state index in [-0.39, 0.29) is 11.3 Å². The third-order valence-electron chi connectivity index (χ3n) is 4.36. The Kier molecular flexibility index (Phi) is 5.23. The van der Waals surface area contributed by atoms with E-state index in [1.807, 2.05) is 24.3 Å². The van der Waals surface area contributed by atoms with Crippen LogP contribution in [0.25, 0.3) is 0 Å². The van der Waals surface area contributed by atoms with Crippen LogP contribution < -0.4 is 15.7 Å². The first-order valence-corrected chi connectivity index (χ1v) is 9.79. The first-order chi connectivity index (χ1) is 14.4. The number of anilines is 2. The normalized spacial score (nSPS) is 13.0. The molecule has 9 nitrogen and oxygen atoms in total. The number of nitro benzene ring substituents is 1. The second-order valence-corrected chi connectivity index (χ2v) is 7.54. The Morgan fingerprint density at radius 3 is 2.13 bits per heavy atom. The van der Waals surface area contributed by atoms with Crippen molar-refractivity contribution in [3.05, 3.63) is 97.6 Å². The SMILES string of the molecule is O=C(O)c1ccc(C2=NN(c3ccc(I)cc3)N(c3ccc([N+](=O)[O-])cc3)N2)cc1. The van der Waals surface area contributed by atoms with Crippen molar-refractivity contribution in [2.24, 2.45) is 5.10 Å². The standard InChI is InChI=1S/C20H14IN5O4/c21-15-5-7-16(8-6-15)24-22-19(13-1-3-14(4-2-13)20(27)28)23-25(24)17-9-11-18(12-10-17)26(29)30/h1-12H,(H,22,23)(H,27,28). The third-order valence-corrected chi connectivity index (χ3v) is 5.08. The van der Waals surface area contributed by atoms with E-state index >= 15 is 0 Å². The summed E-state index contributed by atoms with van der Waals surface area (Å²) in [5.41, 5.74) is 5.45. The van der Waals surface area contributed by atoms with Crippen molar-refractivity contribution in [2.45, 2.75) is 0 Å². The monoisotopic (exact) mass is 515 g/mol. The molecule has 1 heterocycles. The van der Waals surface area contributed by atoms with Gasteiger partial charge in [-0.15, -0.1) is 5.10 Å². The highest BCUT2D eigenvalue weighted by molar-refractivity contribution is 14.1. The van der Waals surface area contributed by atoms with Crippen molar-refractivity contribution < 1.29 is 14.8 Å². The lowest BCUT2D eigenvalue weighted by Crippen LogP contribution is -2.44. The van der Waals surface area contributed by atoms with Gasteiger partial charge in [0, 0.05) is 21.3 Å². The first-order valence-electron chi connectivity index (χ1n) is 8.71. The number of hydrazine groups is 2. The number of halogens is 1. The molecule has 0 unspecified atom stereocenters. The van der Waals surface area contributed by atoms with Crippen LogP contribution in [0.2, 0.25) is 0 Å². The summed E-state index contributed by atoms with van der Waals surface area (Å²) in [4.78, 5) is 21.6. The number of hydrogen-bond acceptors (Lipinski definition) is 7. The summed E-state index contributed by atoms with van der Waals surface area (Å²) in [6.45, 7) is 0. The van der Waals surface area contributed by atoms with Crippen LogP contribution in [0.5, 0.6) is 0 Å². The van der Waals surface area contributed by atoms with Crippen LogP contribution in [-0.4, -0.2) is 21.8 Å². The molecule has 3 aromatic carbocycles. The molecule has 10 heteroatoms. The summed E-state index contributed by atoms with van der Waals surface area (Å²) < 4.78 is 1.07. The molecule has 0 bridgehead atoms. The Morgan fingerprint density at radius 1 is 0.967 bits per heavy atom. The van der Waals surface area contributed by atoms with Gasteiger partial charge < -0.3 is 5.11 Å². The molecule has 0 spiro atoms. The van der Waals surface area contributed by atoms with Gasteiger partial charge in [0.2, 0.25) is 0 Å². The smallest absolute Gasteiger partial charge is 0.335 e. The molecule has 30 heavy (non-hydrogen) atoms. The Bertz CT molecular complexity index is 1130. The quantitative estimate of drug-likeness (QED) is 0.300. The number of nitrogens with zero attached hydrogens (tertiary/aromatic N) is 4. The predicted molar refractivity (Wildman–Crippen MR) is 120 cm³/mol. The number of nitro groups is 1. The largest absolute Gasteiger partial charge is 0.478 e. The maximum absolute atomic E-state index is 11.1. The summed E-state index contributed by atoms with van der Waals surface area (Å²) >= 11 is 2.21. The number of hydrazone groups is 1. The fourth-order valence-electron chi connectivity index (χ4n) is 2.84. The molecule has 0 radical (unpaired) electrons. The number of hydrogen-bond donors (Lipinski definition) is 2. The number of rotatable bonds is 5. The van der Waals surface area contributed by atoms with Gasteiger partial charge >= 0.3 is 5.97 Å². The molecule has 0 saturated carbocycles. The molecule has 150 valence electrons. The maximum Gasteiger partial charge on any atom is 0.335 e. The van der Waals surface area contributed by atoms with Crippen molar-refractivity contribution in [1.29, 1.82) is 0 Å². The fourth-order valence-corrected chi connectivity index (χ4v) is 3.20. The van der Waals surface area contributed by atoms with E-state index in [0.717, 1.165) is 9.26 Å². The van der Waals surface area contributed by atoms with Crippen molar-refractivity contribution >= 4 is 51.5 Å². The summed E-state index contributed by atoms with van der Waals surface area (Å²) in [6.07, 6.45) is 0. The zero-order valence-corrected chi connectivity index (χ0v) is 17.4. The summed E-state index contributed by atoms with van der Waals surface area (Å²) in [6, 6.07) is 20.1. The van der Waals surface area contributed by atoms with E-state index in [1.54, 1.807) is 34.5 Å². The number of aromatic carboxylic acids is 1. The Labute approximate surface area is 184 Å². The van der Waals surface area contributed by atoms with E-state index in [1.165, 1.54) is 24.3 Å². The van der Waals surface area contributed by atoms with Gasteiger partial charge in [-0.25, -0.2) is 4.79 Å². The lowest BCUT2D eigenvalue weighted by atomic mass is 10.1. The molecule has 1 aliphatic rings. The molecule has 0 fully saturated rings. The number of nitrogens with one attached hydrogen (secondary N) is 1. The van der Waals surface area contributed by atoms with Crippen LogP contribution in [0, 0.1) is 13.7 Å². The number of carboxylic acids is 1. The maximum atomic E-state index is 11.1. The van der Waals surface area contributed by atoms with Crippen LogP contribution in [-0.2, 0) is 0 Å². The average Bonchev–Trinajstić information content (AvgIpc) is 3.20. The fraction of sp³-hybridized carbons (Fsp3) is 0. The van der Waals surface area contributed by atoms with Gasteiger partial charge in [-0.3, -0.25) is 15.5 Å². The van der Waals surface area contributed by atoms with Crippen LogP contribution in [0.15, 0.2) is 77.9 Å². The van der Waals surface area contributed by atoms with Crippen molar-refractivity contribution in [3.8, 4) is 0 Å². The van der Waals surface area contributed by atoms with Crippen molar-refractivity contribution in [1.82, 2.24) is 5.43 Å². The van der Waals surface area contributed by atoms with E-state index < -0.39 is 10.9 Å².